The Kier molecular flexibility index (Phi) is 6.37. The van der Waals surface area contributed by atoms with Crippen LogP contribution in [0.3, 0.4) is 0 Å². The first-order valence-electron chi connectivity index (χ1n) is 9.27. The molecule has 0 bridgehead atoms. The van der Waals surface area contributed by atoms with E-state index in [1.165, 1.54) is 11.6 Å². The Morgan fingerprint density at radius 2 is 1.45 bits per heavy atom. The molecule has 3 aromatic carbocycles. The summed E-state index contributed by atoms with van der Waals surface area (Å²) in [5, 5.41) is 0. The van der Waals surface area contributed by atoms with Crippen LogP contribution in [0.1, 0.15) is 24.5 Å². The van der Waals surface area contributed by atoms with Gasteiger partial charge in [-0.1, -0.05) is 61.9 Å². The third kappa shape index (κ3) is 5.70. The minimum Gasteiger partial charge on any atom is -0.429 e. The quantitative estimate of drug-likeness (QED) is 0.379. The molecule has 0 heterocycles. The zero-order valence-corrected chi connectivity index (χ0v) is 15.8. The van der Waals surface area contributed by atoms with Crippen molar-refractivity contribution in [3.8, 4) is 16.9 Å². The first kappa shape index (κ1) is 20.6. The van der Waals surface area contributed by atoms with Crippen molar-refractivity contribution >= 4 is 6.08 Å². The van der Waals surface area contributed by atoms with Gasteiger partial charge in [0.1, 0.15) is 5.75 Å². The van der Waals surface area contributed by atoms with Crippen LogP contribution in [-0.2, 0) is 6.42 Å². The van der Waals surface area contributed by atoms with Crippen molar-refractivity contribution in [3.05, 3.63) is 95.6 Å². The summed E-state index contributed by atoms with van der Waals surface area (Å²) >= 11 is 0. The number of alkyl halides is 2. The van der Waals surface area contributed by atoms with E-state index in [1.54, 1.807) is 12.1 Å². The van der Waals surface area contributed by atoms with Crippen molar-refractivity contribution in [2.75, 3.05) is 0 Å². The Morgan fingerprint density at radius 3 is 2.03 bits per heavy atom. The summed E-state index contributed by atoms with van der Waals surface area (Å²) in [7, 11) is 0. The maximum atomic E-state index is 13.9. The maximum Gasteiger partial charge on any atom is 0.419 e. The Bertz CT molecular complexity index is 977. The molecule has 150 valence electrons. The van der Waals surface area contributed by atoms with Gasteiger partial charge in [-0.25, -0.2) is 8.78 Å². The molecule has 0 aromatic heterocycles. The fourth-order valence-corrected chi connectivity index (χ4v) is 2.86. The Morgan fingerprint density at radius 1 is 0.828 bits per heavy atom. The third-order valence-corrected chi connectivity index (χ3v) is 4.35. The summed E-state index contributed by atoms with van der Waals surface area (Å²) in [6.45, 7) is 2.13. The van der Waals surface area contributed by atoms with Crippen LogP contribution in [0.15, 0.2) is 72.8 Å². The monoisotopic (exact) mass is 400 g/mol. The lowest BCUT2D eigenvalue weighted by Crippen LogP contribution is -2.21. The number of hydrogen-bond acceptors (Lipinski definition) is 1. The molecule has 0 saturated carbocycles. The van der Waals surface area contributed by atoms with Crippen molar-refractivity contribution in [2.24, 2.45) is 0 Å². The van der Waals surface area contributed by atoms with Crippen molar-refractivity contribution < 1.29 is 22.3 Å². The zero-order valence-electron chi connectivity index (χ0n) is 15.8. The second-order valence-electron chi connectivity index (χ2n) is 6.64. The molecule has 29 heavy (non-hydrogen) atoms. The van der Waals surface area contributed by atoms with E-state index in [0.29, 0.717) is 17.7 Å². The molecule has 0 spiro atoms. The molecule has 0 unspecified atom stereocenters. The zero-order chi connectivity index (χ0) is 20.9. The Labute approximate surface area is 167 Å². The molecule has 0 N–H and O–H groups in total. The molecule has 5 heteroatoms. The first-order valence-corrected chi connectivity index (χ1v) is 9.27. The maximum absolute atomic E-state index is 13.9. The van der Waals surface area contributed by atoms with E-state index in [1.807, 2.05) is 24.3 Å². The van der Waals surface area contributed by atoms with E-state index in [9.17, 15) is 17.6 Å². The van der Waals surface area contributed by atoms with Crippen LogP contribution in [0.4, 0.5) is 17.6 Å². The number of ether oxygens (including phenoxy) is 1. The van der Waals surface area contributed by atoms with Crippen LogP contribution in [0.2, 0.25) is 0 Å². The van der Waals surface area contributed by atoms with Crippen LogP contribution < -0.4 is 4.74 Å². The molecule has 3 rings (SSSR count). The van der Waals surface area contributed by atoms with Crippen molar-refractivity contribution in [1.29, 1.82) is 0 Å². The molecule has 0 radical (unpaired) electrons. The van der Waals surface area contributed by atoms with Gasteiger partial charge in [-0.2, -0.15) is 8.78 Å². The van der Waals surface area contributed by atoms with Gasteiger partial charge in [0.05, 0.1) is 0 Å². The van der Waals surface area contributed by atoms with Gasteiger partial charge in [-0.15, -0.1) is 0 Å². The normalized spacial score (nSPS) is 11.8. The SMILES string of the molecule is CCCc1ccc(-c2ccc(/C=C/C(F)(F)Oc3ccc(F)c(F)c3)cc2)cc1. The number of benzene rings is 3. The summed E-state index contributed by atoms with van der Waals surface area (Å²) in [5.41, 5.74) is 3.87. The Balaban J connectivity index is 1.67. The highest BCUT2D eigenvalue weighted by molar-refractivity contribution is 5.66. The van der Waals surface area contributed by atoms with Crippen molar-refractivity contribution in [2.45, 2.75) is 25.9 Å². The lowest BCUT2D eigenvalue weighted by Gasteiger charge is -2.14. The van der Waals surface area contributed by atoms with Crippen molar-refractivity contribution in [3.63, 3.8) is 0 Å². The highest BCUT2D eigenvalue weighted by Gasteiger charge is 2.28. The lowest BCUT2D eigenvalue weighted by atomic mass is 10.0. The number of halogens is 4. The van der Waals surface area contributed by atoms with Crippen LogP contribution >= 0.6 is 0 Å². The Hall–Kier alpha value is -3.08. The summed E-state index contributed by atoms with van der Waals surface area (Å²) in [6.07, 6.45) is 0.241. The van der Waals surface area contributed by atoms with Crippen LogP contribution in [0.25, 0.3) is 17.2 Å². The van der Waals surface area contributed by atoms with Crippen molar-refractivity contribution in [1.82, 2.24) is 0 Å². The van der Waals surface area contributed by atoms with E-state index in [4.69, 9.17) is 0 Å². The van der Waals surface area contributed by atoms with E-state index in [-0.39, 0.29) is 0 Å². The lowest BCUT2D eigenvalue weighted by molar-refractivity contribution is -0.131. The van der Waals surface area contributed by atoms with Gasteiger partial charge in [0.2, 0.25) is 0 Å². The molecular formula is C24H20F4O. The van der Waals surface area contributed by atoms with Gasteiger partial charge in [-0.05, 0) is 46.9 Å². The van der Waals surface area contributed by atoms with E-state index >= 15 is 0 Å². The van der Waals surface area contributed by atoms with E-state index in [2.05, 4.69) is 23.8 Å². The molecule has 0 aliphatic carbocycles. The highest BCUT2D eigenvalue weighted by Crippen LogP contribution is 2.26. The fourth-order valence-electron chi connectivity index (χ4n) is 2.86. The molecule has 0 aliphatic rings. The van der Waals surface area contributed by atoms with Gasteiger partial charge in [-0.3, -0.25) is 0 Å². The van der Waals surface area contributed by atoms with E-state index < -0.39 is 23.5 Å². The highest BCUT2D eigenvalue weighted by atomic mass is 19.3. The fraction of sp³-hybridized carbons (Fsp3) is 0.167. The predicted octanol–water partition coefficient (Wildman–Crippen LogP) is 7.27. The summed E-state index contributed by atoms with van der Waals surface area (Å²) in [4.78, 5) is 0. The summed E-state index contributed by atoms with van der Waals surface area (Å²) in [6, 6.07) is 17.7. The van der Waals surface area contributed by atoms with Crippen LogP contribution in [0.5, 0.6) is 5.75 Å². The molecule has 0 amide bonds. The minimum absolute atomic E-state index is 0.458. The molecule has 3 aromatic rings. The average Bonchev–Trinajstić information content (AvgIpc) is 2.70. The van der Waals surface area contributed by atoms with Gasteiger partial charge in [0, 0.05) is 12.1 Å². The topological polar surface area (TPSA) is 9.23 Å². The van der Waals surface area contributed by atoms with Gasteiger partial charge in [0.15, 0.2) is 11.6 Å². The number of rotatable bonds is 7. The smallest absolute Gasteiger partial charge is 0.419 e. The van der Waals surface area contributed by atoms with Gasteiger partial charge >= 0.3 is 6.11 Å². The summed E-state index contributed by atoms with van der Waals surface area (Å²) in [5.74, 6) is -2.84. The molecule has 1 nitrogen and oxygen atoms in total. The second kappa shape index (κ2) is 8.95. The summed E-state index contributed by atoms with van der Waals surface area (Å²) < 4.78 is 58.4. The number of aryl methyl sites for hydroxylation is 1. The largest absolute Gasteiger partial charge is 0.429 e. The minimum atomic E-state index is -3.67. The van der Waals surface area contributed by atoms with E-state index in [0.717, 1.165) is 36.1 Å². The second-order valence-corrected chi connectivity index (χ2v) is 6.64. The van der Waals surface area contributed by atoms with Crippen LogP contribution in [-0.4, -0.2) is 6.11 Å². The molecular weight excluding hydrogens is 380 g/mol. The molecule has 0 atom stereocenters. The standard InChI is InChI=1S/C24H20F4O/c1-2-3-17-4-8-19(9-5-17)20-10-6-18(7-11-20)14-15-24(27,28)29-21-12-13-22(25)23(26)16-21/h4-16H,2-3H2,1H3/b15-14+. The average molecular weight is 400 g/mol. The molecule has 0 fully saturated rings. The number of hydrogen-bond donors (Lipinski definition) is 0. The van der Waals surface area contributed by atoms with Crippen LogP contribution in [0, 0.1) is 11.6 Å². The molecule has 0 saturated heterocycles. The first-order chi connectivity index (χ1) is 13.9. The van der Waals surface area contributed by atoms with Gasteiger partial charge < -0.3 is 4.74 Å². The third-order valence-electron chi connectivity index (χ3n) is 4.35. The predicted molar refractivity (Wildman–Crippen MR) is 107 cm³/mol. The molecule has 0 aliphatic heterocycles. The van der Waals surface area contributed by atoms with Gasteiger partial charge in [0.25, 0.3) is 0 Å².